The van der Waals surface area contributed by atoms with Gasteiger partial charge in [-0.25, -0.2) is 4.98 Å². The van der Waals surface area contributed by atoms with Crippen LogP contribution in [0.5, 0.6) is 0 Å². The van der Waals surface area contributed by atoms with Gasteiger partial charge in [0.15, 0.2) is 0 Å². The molecular weight excluding hydrogens is 264 g/mol. The zero-order valence-electron chi connectivity index (χ0n) is 13.0. The maximum absolute atomic E-state index is 4.48. The second-order valence-electron chi connectivity index (χ2n) is 6.36. The Bertz CT molecular complexity index is 549. The standard InChI is InChI=1S/C17H24N2S/c1-12-11-20-16(19-12)10-18-13(2)14-6-8-15(9-7-14)17(3,4)5/h6-9,11,13,18H,10H2,1-5H3. The van der Waals surface area contributed by atoms with Gasteiger partial charge in [-0.15, -0.1) is 11.3 Å². The van der Waals surface area contributed by atoms with Crippen molar-refractivity contribution in [2.45, 2.75) is 52.6 Å². The van der Waals surface area contributed by atoms with Crippen LogP contribution in [-0.4, -0.2) is 4.98 Å². The third-order valence-corrected chi connectivity index (χ3v) is 4.47. The van der Waals surface area contributed by atoms with Gasteiger partial charge >= 0.3 is 0 Å². The first kappa shape index (κ1) is 15.2. The zero-order valence-corrected chi connectivity index (χ0v) is 13.8. The fraction of sp³-hybridized carbons (Fsp3) is 0.471. The van der Waals surface area contributed by atoms with Crippen LogP contribution in [0, 0.1) is 6.92 Å². The molecule has 0 spiro atoms. The summed E-state index contributed by atoms with van der Waals surface area (Å²) in [4.78, 5) is 4.48. The Morgan fingerprint density at radius 2 is 1.85 bits per heavy atom. The summed E-state index contributed by atoms with van der Waals surface area (Å²) in [6.45, 7) is 11.8. The van der Waals surface area contributed by atoms with Crippen molar-refractivity contribution in [1.82, 2.24) is 10.3 Å². The number of thiazole rings is 1. The van der Waals surface area contributed by atoms with Crippen LogP contribution in [0.2, 0.25) is 0 Å². The molecule has 1 heterocycles. The molecule has 0 fully saturated rings. The van der Waals surface area contributed by atoms with Gasteiger partial charge < -0.3 is 5.32 Å². The minimum atomic E-state index is 0.216. The summed E-state index contributed by atoms with van der Waals surface area (Å²) in [6.07, 6.45) is 0. The van der Waals surface area contributed by atoms with Crippen LogP contribution in [0.4, 0.5) is 0 Å². The molecule has 2 nitrogen and oxygen atoms in total. The predicted molar refractivity (Wildman–Crippen MR) is 87.2 cm³/mol. The van der Waals surface area contributed by atoms with Crippen LogP contribution in [0.3, 0.4) is 0 Å². The molecule has 0 aliphatic carbocycles. The first-order valence-corrected chi connectivity index (χ1v) is 7.99. The number of hydrogen-bond acceptors (Lipinski definition) is 3. The summed E-state index contributed by atoms with van der Waals surface area (Å²) in [5, 5.41) is 6.79. The Labute approximate surface area is 126 Å². The maximum Gasteiger partial charge on any atom is 0.107 e. The second kappa shape index (κ2) is 6.06. The quantitative estimate of drug-likeness (QED) is 0.889. The molecule has 3 heteroatoms. The summed E-state index contributed by atoms with van der Waals surface area (Å²) in [5.74, 6) is 0. The molecule has 0 saturated carbocycles. The molecule has 0 amide bonds. The molecule has 20 heavy (non-hydrogen) atoms. The average molecular weight is 288 g/mol. The van der Waals surface area contributed by atoms with Crippen LogP contribution in [-0.2, 0) is 12.0 Å². The van der Waals surface area contributed by atoms with Gasteiger partial charge in [-0.2, -0.15) is 0 Å². The number of rotatable bonds is 4. The second-order valence-corrected chi connectivity index (χ2v) is 7.30. The Kier molecular flexibility index (Phi) is 4.61. The van der Waals surface area contributed by atoms with Crippen LogP contribution >= 0.6 is 11.3 Å². The number of nitrogens with one attached hydrogen (secondary N) is 1. The topological polar surface area (TPSA) is 24.9 Å². The lowest BCUT2D eigenvalue weighted by molar-refractivity contribution is 0.568. The van der Waals surface area contributed by atoms with Crippen molar-refractivity contribution in [2.24, 2.45) is 0 Å². The number of aromatic nitrogens is 1. The molecule has 1 N–H and O–H groups in total. The van der Waals surface area contributed by atoms with E-state index in [-0.39, 0.29) is 5.41 Å². The number of aryl methyl sites for hydroxylation is 1. The summed E-state index contributed by atoms with van der Waals surface area (Å²) in [7, 11) is 0. The van der Waals surface area contributed by atoms with Crippen molar-refractivity contribution in [1.29, 1.82) is 0 Å². The van der Waals surface area contributed by atoms with E-state index in [9.17, 15) is 0 Å². The van der Waals surface area contributed by atoms with Crippen molar-refractivity contribution in [2.75, 3.05) is 0 Å². The van der Waals surface area contributed by atoms with Gasteiger partial charge in [-0.05, 0) is 30.4 Å². The van der Waals surface area contributed by atoms with E-state index in [1.54, 1.807) is 11.3 Å². The maximum atomic E-state index is 4.48. The molecule has 108 valence electrons. The third kappa shape index (κ3) is 3.90. The van der Waals surface area contributed by atoms with Crippen LogP contribution in [0.15, 0.2) is 29.6 Å². The Balaban J connectivity index is 1.97. The molecule has 0 bridgehead atoms. The number of hydrogen-bond donors (Lipinski definition) is 1. The normalized spacial score (nSPS) is 13.4. The zero-order chi connectivity index (χ0) is 14.8. The summed E-state index contributed by atoms with van der Waals surface area (Å²) in [5.41, 5.74) is 4.03. The summed E-state index contributed by atoms with van der Waals surface area (Å²) in [6, 6.07) is 9.27. The lowest BCUT2D eigenvalue weighted by Crippen LogP contribution is -2.18. The van der Waals surface area contributed by atoms with Gasteiger partial charge in [0.1, 0.15) is 5.01 Å². The SMILES string of the molecule is Cc1csc(CNC(C)c2ccc(C(C)(C)C)cc2)n1. The highest BCUT2D eigenvalue weighted by molar-refractivity contribution is 7.09. The van der Waals surface area contributed by atoms with Crippen LogP contribution < -0.4 is 5.32 Å². The predicted octanol–water partition coefficient (Wildman–Crippen LogP) is 4.60. The summed E-state index contributed by atoms with van der Waals surface area (Å²) >= 11 is 1.72. The Hall–Kier alpha value is -1.19. The minimum Gasteiger partial charge on any atom is -0.304 e. The van der Waals surface area contributed by atoms with E-state index in [2.05, 4.69) is 67.6 Å². The highest BCUT2D eigenvalue weighted by Gasteiger charge is 2.14. The molecular formula is C17H24N2S. The first-order valence-electron chi connectivity index (χ1n) is 7.11. The van der Waals surface area contributed by atoms with Crippen LogP contribution in [0.1, 0.15) is 55.6 Å². The molecule has 1 unspecified atom stereocenters. The Morgan fingerprint density at radius 3 is 2.35 bits per heavy atom. The van der Waals surface area contributed by atoms with Crippen molar-refractivity contribution in [3.8, 4) is 0 Å². The van der Waals surface area contributed by atoms with Crippen molar-refractivity contribution >= 4 is 11.3 Å². The van der Waals surface area contributed by atoms with Gasteiger partial charge in [-0.1, -0.05) is 45.0 Å². The van der Waals surface area contributed by atoms with Crippen molar-refractivity contribution in [3.05, 3.63) is 51.5 Å². The molecule has 0 aliphatic rings. The first-order chi connectivity index (χ1) is 9.36. The van der Waals surface area contributed by atoms with E-state index < -0.39 is 0 Å². The summed E-state index contributed by atoms with van der Waals surface area (Å²) < 4.78 is 0. The number of nitrogens with zero attached hydrogens (tertiary/aromatic N) is 1. The van der Waals surface area contributed by atoms with Gasteiger partial charge in [0.2, 0.25) is 0 Å². The van der Waals surface area contributed by atoms with Crippen LogP contribution in [0.25, 0.3) is 0 Å². The number of benzene rings is 1. The monoisotopic (exact) mass is 288 g/mol. The smallest absolute Gasteiger partial charge is 0.107 e. The van der Waals surface area contributed by atoms with Crippen molar-refractivity contribution in [3.63, 3.8) is 0 Å². The molecule has 1 aromatic heterocycles. The van der Waals surface area contributed by atoms with E-state index in [4.69, 9.17) is 0 Å². The fourth-order valence-corrected chi connectivity index (χ4v) is 2.84. The van der Waals surface area contributed by atoms with Gasteiger partial charge in [-0.3, -0.25) is 0 Å². The largest absolute Gasteiger partial charge is 0.304 e. The van der Waals surface area contributed by atoms with Gasteiger partial charge in [0.05, 0.1) is 0 Å². The van der Waals surface area contributed by atoms with E-state index in [1.165, 1.54) is 11.1 Å². The minimum absolute atomic E-state index is 0.216. The highest BCUT2D eigenvalue weighted by atomic mass is 32.1. The van der Waals surface area contributed by atoms with Crippen molar-refractivity contribution < 1.29 is 0 Å². The Morgan fingerprint density at radius 1 is 1.20 bits per heavy atom. The third-order valence-electron chi connectivity index (χ3n) is 3.50. The molecule has 0 radical (unpaired) electrons. The molecule has 1 atom stereocenters. The molecule has 1 aromatic carbocycles. The fourth-order valence-electron chi connectivity index (χ4n) is 2.11. The average Bonchev–Trinajstić information content (AvgIpc) is 2.81. The van der Waals surface area contributed by atoms with E-state index in [0.29, 0.717) is 6.04 Å². The molecule has 0 aliphatic heterocycles. The molecule has 2 aromatic rings. The highest BCUT2D eigenvalue weighted by Crippen LogP contribution is 2.24. The molecule has 2 rings (SSSR count). The lowest BCUT2D eigenvalue weighted by Gasteiger charge is -2.20. The van der Waals surface area contributed by atoms with E-state index in [0.717, 1.165) is 17.2 Å². The lowest BCUT2D eigenvalue weighted by atomic mass is 9.86. The van der Waals surface area contributed by atoms with Gasteiger partial charge in [0.25, 0.3) is 0 Å². The van der Waals surface area contributed by atoms with Gasteiger partial charge in [0, 0.05) is 23.7 Å². The molecule has 0 saturated heterocycles. The van der Waals surface area contributed by atoms with E-state index in [1.807, 2.05) is 6.92 Å². The van der Waals surface area contributed by atoms with E-state index >= 15 is 0 Å².